The predicted octanol–water partition coefficient (Wildman–Crippen LogP) is 2.48. The van der Waals surface area contributed by atoms with Gasteiger partial charge in [0.15, 0.2) is 0 Å². The van der Waals surface area contributed by atoms with E-state index in [4.69, 9.17) is 4.74 Å². The molecule has 2 aliphatic rings. The van der Waals surface area contributed by atoms with E-state index >= 15 is 0 Å². The van der Waals surface area contributed by atoms with Gasteiger partial charge in [0.2, 0.25) is 0 Å². The quantitative estimate of drug-likeness (QED) is 0.761. The third-order valence-electron chi connectivity index (χ3n) is 3.84. The smallest absolute Gasteiger partial charge is 0.0939 e. The van der Waals surface area contributed by atoms with Gasteiger partial charge >= 0.3 is 0 Å². The zero-order valence-electron chi connectivity index (χ0n) is 8.83. The molecule has 1 aliphatic carbocycles. The molecule has 1 N–H and O–H groups in total. The van der Waals surface area contributed by atoms with Crippen LogP contribution in [0.5, 0.6) is 0 Å². The van der Waals surface area contributed by atoms with Gasteiger partial charge in [-0.3, -0.25) is 0 Å². The molecule has 2 heteroatoms. The molecule has 1 aromatic carbocycles. The molecule has 0 aromatic heterocycles. The van der Waals surface area contributed by atoms with Gasteiger partial charge in [-0.2, -0.15) is 0 Å². The second-order valence-electron chi connectivity index (χ2n) is 4.59. The van der Waals surface area contributed by atoms with E-state index in [1.807, 2.05) is 12.1 Å². The maximum atomic E-state index is 9.28. The Morgan fingerprint density at radius 2 is 2.07 bits per heavy atom. The second kappa shape index (κ2) is 3.32. The molecule has 1 aromatic rings. The van der Waals surface area contributed by atoms with Crippen LogP contribution in [0.1, 0.15) is 42.4 Å². The molecule has 1 spiro atoms. The molecule has 0 radical (unpaired) electrons. The van der Waals surface area contributed by atoms with Crippen LogP contribution in [0.15, 0.2) is 18.2 Å². The predicted molar refractivity (Wildman–Crippen MR) is 57.3 cm³/mol. The minimum atomic E-state index is 0.000509. The largest absolute Gasteiger partial charge is 0.392 e. The molecule has 1 heterocycles. The number of aliphatic hydroxyl groups is 1. The molecule has 0 bridgehead atoms. The fraction of sp³-hybridized carbons (Fsp3) is 0.538. The molecule has 0 amide bonds. The van der Waals surface area contributed by atoms with E-state index in [1.165, 1.54) is 24.0 Å². The van der Waals surface area contributed by atoms with Gasteiger partial charge in [-0.1, -0.05) is 31.0 Å². The highest BCUT2D eigenvalue weighted by molar-refractivity contribution is 5.41. The summed E-state index contributed by atoms with van der Waals surface area (Å²) in [6, 6.07) is 6.21. The Kier molecular flexibility index (Phi) is 2.08. The van der Waals surface area contributed by atoms with Gasteiger partial charge in [0, 0.05) is 0 Å². The third kappa shape index (κ3) is 1.25. The zero-order valence-corrected chi connectivity index (χ0v) is 8.83. The molecule has 1 fully saturated rings. The second-order valence-corrected chi connectivity index (χ2v) is 4.59. The number of hydrogen-bond acceptors (Lipinski definition) is 2. The number of hydrogen-bond donors (Lipinski definition) is 1. The van der Waals surface area contributed by atoms with E-state index in [9.17, 15) is 5.11 Å². The number of fused-ring (bicyclic) bond motifs is 2. The molecule has 0 atom stereocenters. The molecular weight excluding hydrogens is 188 g/mol. The summed E-state index contributed by atoms with van der Waals surface area (Å²) in [5.74, 6) is 0. The Labute approximate surface area is 89.9 Å². The monoisotopic (exact) mass is 204 g/mol. The summed E-state index contributed by atoms with van der Waals surface area (Å²) in [6.07, 6.45) is 4.83. The summed E-state index contributed by atoms with van der Waals surface area (Å²) in [6.45, 7) is 0.814. The fourth-order valence-corrected chi connectivity index (χ4v) is 3.03. The molecule has 1 aliphatic heterocycles. The van der Waals surface area contributed by atoms with Crippen molar-refractivity contribution in [1.82, 2.24) is 0 Å². The van der Waals surface area contributed by atoms with Crippen LogP contribution >= 0.6 is 0 Å². The van der Waals surface area contributed by atoms with Crippen molar-refractivity contribution >= 4 is 0 Å². The van der Waals surface area contributed by atoms with Crippen molar-refractivity contribution < 1.29 is 9.84 Å². The Morgan fingerprint density at radius 1 is 1.27 bits per heavy atom. The SMILES string of the molecule is OCc1cccc2c1COC21CCCC1. The summed E-state index contributed by atoms with van der Waals surface area (Å²) < 4.78 is 6.00. The van der Waals surface area contributed by atoms with E-state index in [2.05, 4.69) is 6.07 Å². The van der Waals surface area contributed by atoms with Gasteiger partial charge in [0.05, 0.1) is 18.8 Å². The highest BCUT2D eigenvalue weighted by atomic mass is 16.5. The van der Waals surface area contributed by atoms with Crippen LogP contribution in [-0.4, -0.2) is 5.11 Å². The van der Waals surface area contributed by atoms with Crippen LogP contribution in [0.3, 0.4) is 0 Å². The van der Waals surface area contributed by atoms with Crippen molar-refractivity contribution in [2.75, 3.05) is 0 Å². The third-order valence-corrected chi connectivity index (χ3v) is 3.84. The molecule has 80 valence electrons. The number of rotatable bonds is 1. The van der Waals surface area contributed by atoms with E-state index in [1.54, 1.807) is 0 Å². The normalized spacial score (nSPS) is 22.2. The minimum Gasteiger partial charge on any atom is -0.392 e. The van der Waals surface area contributed by atoms with E-state index in [0.29, 0.717) is 6.61 Å². The molecule has 15 heavy (non-hydrogen) atoms. The van der Waals surface area contributed by atoms with Crippen LogP contribution in [0.4, 0.5) is 0 Å². The lowest BCUT2D eigenvalue weighted by Gasteiger charge is -2.23. The summed E-state index contributed by atoms with van der Waals surface area (Å²) in [5, 5.41) is 9.28. The summed E-state index contributed by atoms with van der Waals surface area (Å²) in [5.41, 5.74) is 3.62. The maximum Gasteiger partial charge on any atom is 0.0939 e. The Hall–Kier alpha value is -0.860. The van der Waals surface area contributed by atoms with E-state index < -0.39 is 0 Å². The lowest BCUT2D eigenvalue weighted by molar-refractivity contribution is -0.0326. The molecule has 2 nitrogen and oxygen atoms in total. The fourth-order valence-electron chi connectivity index (χ4n) is 3.03. The molecule has 3 rings (SSSR count). The first-order valence-corrected chi connectivity index (χ1v) is 5.72. The van der Waals surface area contributed by atoms with Gasteiger partial charge in [-0.05, 0) is 29.5 Å². The number of aliphatic hydroxyl groups excluding tert-OH is 1. The Morgan fingerprint density at radius 3 is 2.80 bits per heavy atom. The molecular formula is C13H16O2. The highest BCUT2D eigenvalue weighted by Crippen LogP contribution is 2.48. The first-order chi connectivity index (χ1) is 7.36. The van der Waals surface area contributed by atoms with Crippen LogP contribution < -0.4 is 0 Å². The van der Waals surface area contributed by atoms with Crippen LogP contribution in [0.2, 0.25) is 0 Å². The highest BCUT2D eigenvalue weighted by Gasteiger charge is 2.42. The Bertz CT molecular complexity index is 378. The molecule has 1 saturated carbocycles. The number of ether oxygens (including phenoxy) is 1. The van der Waals surface area contributed by atoms with E-state index in [0.717, 1.165) is 18.4 Å². The average molecular weight is 204 g/mol. The van der Waals surface area contributed by atoms with Crippen LogP contribution in [-0.2, 0) is 23.6 Å². The van der Waals surface area contributed by atoms with Crippen molar-refractivity contribution in [3.05, 3.63) is 34.9 Å². The van der Waals surface area contributed by atoms with Gasteiger partial charge in [0.1, 0.15) is 0 Å². The molecule has 0 unspecified atom stereocenters. The van der Waals surface area contributed by atoms with Crippen LogP contribution in [0, 0.1) is 0 Å². The van der Waals surface area contributed by atoms with Gasteiger partial charge in [0.25, 0.3) is 0 Å². The van der Waals surface area contributed by atoms with Crippen molar-refractivity contribution in [2.45, 2.75) is 44.5 Å². The average Bonchev–Trinajstić information content (AvgIpc) is 2.89. The van der Waals surface area contributed by atoms with Gasteiger partial charge < -0.3 is 9.84 Å². The number of benzene rings is 1. The molecule has 0 saturated heterocycles. The minimum absolute atomic E-state index is 0.000509. The standard InChI is InChI=1S/C13H16O2/c14-8-10-4-3-5-12-11(10)9-15-13(12)6-1-2-7-13/h3-5,14H,1-2,6-9H2. The Balaban J connectivity index is 2.10. The van der Waals surface area contributed by atoms with Crippen molar-refractivity contribution in [3.63, 3.8) is 0 Å². The first-order valence-electron chi connectivity index (χ1n) is 5.72. The van der Waals surface area contributed by atoms with Gasteiger partial charge in [-0.25, -0.2) is 0 Å². The van der Waals surface area contributed by atoms with Crippen molar-refractivity contribution in [3.8, 4) is 0 Å². The van der Waals surface area contributed by atoms with Crippen molar-refractivity contribution in [2.24, 2.45) is 0 Å². The zero-order chi connectivity index (χ0) is 10.3. The summed E-state index contributed by atoms with van der Waals surface area (Å²) in [7, 11) is 0. The summed E-state index contributed by atoms with van der Waals surface area (Å²) >= 11 is 0. The lowest BCUT2D eigenvalue weighted by atomic mass is 9.89. The van der Waals surface area contributed by atoms with Gasteiger partial charge in [-0.15, -0.1) is 0 Å². The maximum absolute atomic E-state index is 9.28. The summed E-state index contributed by atoms with van der Waals surface area (Å²) in [4.78, 5) is 0. The van der Waals surface area contributed by atoms with Crippen LogP contribution in [0.25, 0.3) is 0 Å². The lowest BCUT2D eigenvalue weighted by Crippen LogP contribution is -2.20. The van der Waals surface area contributed by atoms with Crippen molar-refractivity contribution in [1.29, 1.82) is 0 Å². The topological polar surface area (TPSA) is 29.5 Å². The van der Waals surface area contributed by atoms with E-state index in [-0.39, 0.29) is 12.2 Å². The first kappa shape index (κ1) is 9.37.